The molecule has 0 aliphatic carbocycles. The zero-order chi connectivity index (χ0) is 15.5. The van der Waals surface area contributed by atoms with Gasteiger partial charge in [-0.05, 0) is 62.2 Å². The molecule has 0 amide bonds. The van der Waals surface area contributed by atoms with E-state index in [0.29, 0.717) is 6.60 Å². The maximum Gasteiger partial charge on any atom is 0.408 e. The number of hydrogen-bond acceptors (Lipinski definition) is 2. The van der Waals surface area contributed by atoms with Gasteiger partial charge in [-0.3, -0.25) is 0 Å². The highest BCUT2D eigenvalue weighted by atomic mass is 16.7. The van der Waals surface area contributed by atoms with Crippen LogP contribution in [0.3, 0.4) is 0 Å². The predicted molar refractivity (Wildman–Crippen MR) is 93.2 cm³/mol. The molecule has 0 spiro atoms. The molecular formula is C18H22B2O2. The van der Waals surface area contributed by atoms with Gasteiger partial charge in [-0.25, -0.2) is 0 Å². The van der Waals surface area contributed by atoms with Crippen LogP contribution in [0.2, 0.25) is 0 Å². The van der Waals surface area contributed by atoms with E-state index < -0.39 is 0 Å². The highest BCUT2D eigenvalue weighted by Gasteiger charge is 2.54. The fraction of sp³-hybridized carbons (Fsp3) is 0.444. The summed E-state index contributed by atoms with van der Waals surface area (Å²) in [5.74, 6) is 0. The highest BCUT2D eigenvalue weighted by Crippen LogP contribution is 2.39. The van der Waals surface area contributed by atoms with Gasteiger partial charge in [-0.2, -0.15) is 0 Å². The minimum Gasteiger partial charge on any atom is -0.410 e. The van der Waals surface area contributed by atoms with Crippen LogP contribution in [0.25, 0.3) is 10.8 Å². The molecule has 2 aliphatic heterocycles. The van der Waals surface area contributed by atoms with Crippen molar-refractivity contribution in [3.63, 3.8) is 0 Å². The van der Waals surface area contributed by atoms with E-state index in [1.807, 2.05) is 0 Å². The van der Waals surface area contributed by atoms with Crippen molar-refractivity contribution in [3.8, 4) is 0 Å². The Bertz CT molecular complexity index is 682. The molecule has 2 nitrogen and oxygen atoms in total. The Balaban J connectivity index is 1.68. The Morgan fingerprint density at radius 2 is 1.32 bits per heavy atom. The fourth-order valence-electron chi connectivity index (χ4n) is 3.75. The van der Waals surface area contributed by atoms with Crippen LogP contribution in [-0.4, -0.2) is 24.8 Å². The molecule has 0 atom stereocenters. The summed E-state index contributed by atoms with van der Waals surface area (Å²) in [6.07, 6.45) is 2.07. The summed E-state index contributed by atoms with van der Waals surface area (Å²) in [7, 11) is -0.117. The topological polar surface area (TPSA) is 18.5 Å². The molecule has 22 heavy (non-hydrogen) atoms. The van der Waals surface area contributed by atoms with Crippen molar-refractivity contribution in [2.24, 2.45) is 0 Å². The van der Waals surface area contributed by atoms with Crippen LogP contribution < -0.4 is 0 Å². The first-order chi connectivity index (χ1) is 10.4. The first-order valence-electron chi connectivity index (χ1n) is 8.22. The third kappa shape index (κ3) is 2.04. The van der Waals surface area contributed by atoms with Gasteiger partial charge in [-0.15, -0.1) is 0 Å². The number of rotatable bonds is 1. The molecular weight excluding hydrogens is 270 g/mol. The zero-order valence-corrected chi connectivity index (χ0v) is 13.8. The summed E-state index contributed by atoms with van der Waals surface area (Å²) in [6, 6.07) is 13.2. The summed E-state index contributed by atoms with van der Waals surface area (Å²) in [5.41, 5.74) is 2.36. The van der Waals surface area contributed by atoms with Gasteiger partial charge in [0.05, 0.1) is 11.2 Å². The van der Waals surface area contributed by atoms with Gasteiger partial charge in [0.2, 0.25) is 0 Å². The van der Waals surface area contributed by atoms with Crippen LogP contribution in [0.4, 0.5) is 0 Å². The lowest BCUT2D eigenvalue weighted by Crippen LogP contribution is -2.44. The number of benzene rings is 2. The SMILES string of the molecule is CC1(C)OB(B2Cc3cccc4cccc(c34)C2)OC1(C)C. The molecule has 2 aromatic rings. The predicted octanol–water partition coefficient (Wildman–Crippen LogP) is 3.68. The minimum atomic E-state index is -0.249. The Morgan fingerprint density at radius 1 is 0.818 bits per heavy atom. The smallest absolute Gasteiger partial charge is 0.408 e. The Labute approximate surface area is 133 Å². The van der Waals surface area contributed by atoms with E-state index in [1.165, 1.54) is 21.9 Å². The lowest BCUT2D eigenvalue weighted by atomic mass is 9.19. The molecule has 1 fully saturated rings. The molecule has 4 heteroatoms. The average Bonchev–Trinajstić information content (AvgIpc) is 2.68. The van der Waals surface area contributed by atoms with Gasteiger partial charge in [0.25, 0.3) is 0 Å². The molecule has 2 aliphatic rings. The zero-order valence-electron chi connectivity index (χ0n) is 13.8. The molecule has 0 bridgehead atoms. The third-order valence-electron chi connectivity index (χ3n) is 5.70. The van der Waals surface area contributed by atoms with Crippen molar-refractivity contribution < 1.29 is 9.31 Å². The summed E-state index contributed by atoms with van der Waals surface area (Å²) in [6.45, 7) is 8.91. The van der Waals surface area contributed by atoms with Crippen LogP contribution in [-0.2, 0) is 21.9 Å². The van der Waals surface area contributed by atoms with E-state index in [-0.39, 0.29) is 18.2 Å². The van der Waals surface area contributed by atoms with E-state index in [1.54, 1.807) is 0 Å². The maximum atomic E-state index is 6.29. The van der Waals surface area contributed by atoms with Crippen LogP contribution in [0.1, 0.15) is 38.8 Å². The molecule has 4 rings (SSSR count). The average molecular weight is 292 g/mol. The molecule has 0 aromatic heterocycles. The van der Waals surface area contributed by atoms with E-state index in [4.69, 9.17) is 9.31 Å². The van der Waals surface area contributed by atoms with Crippen LogP contribution in [0.15, 0.2) is 36.4 Å². The summed E-state index contributed by atoms with van der Waals surface area (Å²) >= 11 is 0. The van der Waals surface area contributed by atoms with E-state index in [2.05, 4.69) is 64.1 Å². The Kier molecular flexibility index (Phi) is 3.02. The fourth-order valence-corrected chi connectivity index (χ4v) is 3.75. The van der Waals surface area contributed by atoms with Crippen molar-refractivity contribution in [1.82, 2.24) is 0 Å². The van der Waals surface area contributed by atoms with Crippen molar-refractivity contribution in [2.45, 2.75) is 51.5 Å². The van der Waals surface area contributed by atoms with E-state index in [9.17, 15) is 0 Å². The quantitative estimate of drug-likeness (QED) is 0.746. The maximum absolute atomic E-state index is 6.29. The second-order valence-electron chi connectivity index (χ2n) is 7.73. The van der Waals surface area contributed by atoms with Crippen LogP contribution in [0.5, 0.6) is 0 Å². The monoisotopic (exact) mass is 292 g/mol. The summed E-state index contributed by atoms with van der Waals surface area (Å²) in [5, 5.41) is 2.79. The van der Waals surface area contributed by atoms with Crippen molar-refractivity contribution in [3.05, 3.63) is 47.5 Å². The minimum absolute atomic E-state index is 0.117. The molecule has 1 saturated heterocycles. The van der Waals surface area contributed by atoms with E-state index in [0.717, 1.165) is 12.6 Å². The van der Waals surface area contributed by atoms with Crippen LogP contribution >= 0.6 is 0 Å². The van der Waals surface area contributed by atoms with Crippen LogP contribution in [0, 0.1) is 0 Å². The largest absolute Gasteiger partial charge is 0.410 e. The standard InChI is InChI=1S/C18H22B2O2/c1-17(2)18(3,4)22-20(21-17)19-11-14-9-5-7-13-8-6-10-15(12-19)16(13)14/h5-10H,11-12H2,1-4H3. The summed E-state index contributed by atoms with van der Waals surface area (Å²) in [4.78, 5) is 0. The molecule has 2 heterocycles. The number of hydrogen-bond donors (Lipinski definition) is 0. The first kappa shape index (κ1) is 14.3. The van der Waals surface area contributed by atoms with Gasteiger partial charge in [0.1, 0.15) is 0 Å². The summed E-state index contributed by atoms with van der Waals surface area (Å²) < 4.78 is 12.6. The molecule has 2 aromatic carbocycles. The van der Waals surface area contributed by atoms with Gasteiger partial charge >= 0.3 is 7.01 Å². The molecule has 112 valence electrons. The van der Waals surface area contributed by atoms with Gasteiger partial charge in [0, 0.05) is 0 Å². The molecule has 0 radical (unpaired) electrons. The van der Waals surface area contributed by atoms with Crippen molar-refractivity contribution >= 4 is 24.4 Å². The van der Waals surface area contributed by atoms with Gasteiger partial charge in [0.15, 0.2) is 6.60 Å². The molecule has 0 saturated carbocycles. The third-order valence-corrected chi connectivity index (χ3v) is 5.70. The van der Waals surface area contributed by atoms with Crippen molar-refractivity contribution in [2.75, 3.05) is 0 Å². The van der Waals surface area contributed by atoms with Gasteiger partial charge in [-0.1, -0.05) is 36.4 Å². The van der Waals surface area contributed by atoms with Gasteiger partial charge < -0.3 is 9.31 Å². The lowest BCUT2D eigenvalue weighted by Gasteiger charge is -2.32. The highest BCUT2D eigenvalue weighted by molar-refractivity contribution is 7.16. The second kappa shape index (κ2) is 4.62. The van der Waals surface area contributed by atoms with Crippen molar-refractivity contribution in [1.29, 1.82) is 0 Å². The normalized spacial score (nSPS) is 22.4. The Hall–Kier alpha value is -1.25. The lowest BCUT2D eigenvalue weighted by molar-refractivity contribution is 0.00578. The Morgan fingerprint density at radius 3 is 1.82 bits per heavy atom. The molecule has 0 N–H and O–H groups in total. The first-order valence-corrected chi connectivity index (χ1v) is 8.22. The second-order valence-corrected chi connectivity index (χ2v) is 7.73. The molecule has 0 unspecified atom stereocenters. The van der Waals surface area contributed by atoms with E-state index >= 15 is 0 Å².